The molecule has 0 saturated carbocycles. The van der Waals surface area contributed by atoms with Crippen molar-refractivity contribution < 1.29 is 4.79 Å². The van der Waals surface area contributed by atoms with E-state index in [2.05, 4.69) is 0 Å². The van der Waals surface area contributed by atoms with E-state index in [0.29, 0.717) is 0 Å². The second-order valence-electron chi connectivity index (χ2n) is 3.22. The second-order valence-corrected chi connectivity index (χ2v) is 3.22. The minimum absolute atomic E-state index is 0.0141. The Labute approximate surface area is 79.1 Å². The van der Waals surface area contributed by atoms with Gasteiger partial charge in [0.2, 0.25) is 0 Å². The molecule has 0 saturated heterocycles. The molecule has 0 aromatic heterocycles. The van der Waals surface area contributed by atoms with Gasteiger partial charge in [0, 0.05) is 5.92 Å². The Bertz CT molecular complexity index is 298. The van der Waals surface area contributed by atoms with Crippen LogP contribution < -0.4 is 0 Å². The third-order valence-electron chi connectivity index (χ3n) is 2.12. The third kappa shape index (κ3) is 2.86. The molecule has 0 N–H and O–H groups in total. The van der Waals surface area contributed by atoms with Crippen molar-refractivity contribution in [3.05, 3.63) is 41.5 Å². The van der Waals surface area contributed by atoms with Gasteiger partial charge in [-0.25, -0.2) is 0 Å². The lowest BCUT2D eigenvalue weighted by molar-refractivity contribution is -0.109. The summed E-state index contributed by atoms with van der Waals surface area (Å²) in [7, 11) is 0. The number of carbonyl (C=O) groups excluding carboxylic acids is 1. The van der Waals surface area contributed by atoms with E-state index < -0.39 is 0 Å². The quantitative estimate of drug-likeness (QED) is 0.644. The summed E-state index contributed by atoms with van der Waals surface area (Å²) in [6, 6.07) is 10.0. The first kappa shape index (κ1) is 9.72. The molecule has 0 amide bonds. The maximum Gasteiger partial charge on any atom is 0.126 e. The van der Waals surface area contributed by atoms with Crippen LogP contribution in [0.25, 0.3) is 6.08 Å². The molecule has 0 bridgehead atoms. The highest BCUT2D eigenvalue weighted by atomic mass is 16.1. The van der Waals surface area contributed by atoms with Crippen molar-refractivity contribution in [3.63, 3.8) is 0 Å². The summed E-state index contributed by atoms with van der Waals surface area (Å²) in [5.41, 5.74) is 2.25. The molecule has 1 heteroatoms. The van der Waals surface area contributed by atoms with E-state index in [1.807, 2.05) is 50.3 Å². The summed E-state index contributed by atoms with van der Waals surface area (Å²) in [4.78, 5) is 10.5. The van der Waals surface area contributed by atoms with E-state index in [1.54, 1.807) is 0 Å². The van der Waals surface area contributed by atoms with Crippen LogP contribution in [0.15, 0.2) is 35.9 Å². The fourth-order valence-corrected chi connectivity index (χ4v) is 1.05. The molecular weight excluding hydrogens is 160 g/mol. The van der Waals surface area contributed by atoms with Crippen LogP contribution in [-0.2, 0) is 4.79 Å². The predicted molar refractivity (Wildman–Crippen MR) is 55.3 cm³/mol. The average molecular weight is 174 g/mol. The standard InChI is InChI=1S/C12H14O/c1-10(11(2)9-13)8-12-6-4-3-5-7-12/h3-9,11H,1-2H3/b10-8+/t11-/m1/s1. The Morgan fingerprint density at radius 2 is 1.92 bits per heavy atom. The lowest BCUT2D eigenvalue weighted by Gasteiger charge is -2.03. The van der Waals surface area contributed by atoms with E-state index in [9.17, 15) is 4.79 Å². The molecule has 0 radical (unpaired) electrons. The van der Waals surface area contributed by atoms with Gasteiger partial charge in [-0.05, 0) is 12.5 Å². The molecule has 1 aromatic rings. The van der Waals surface area contributed by atoms with Gasteiger partial charge in [0.15, 0.2) is 0 Å². The highest BCUT2D eigenvalue weighted by Crippen LogP contribution is 2.12. The molecule has 0 fully saturated rings. The number of rotatable bonds is 3. The van der Waals surface area contributed by atoms with Gasteiger partial charge < -0.3 is 4.79 Å². The zero-order chi connectivity index (χ0) is 9.68. The number of hydrogen-bond acceptors (Lipinski definition) is 1. The molecule has 0 aliphatic rings. The summed E-state index contributed by atoms with van der Waals surface area (Å²) >= 11 is 0. The van der Waals surface area contributed by atoms with Crippen LogP contribution in [0.1, 0.15) is 19.4 Å². The SMILES string of the molecule is C/C(=C\c1ccccc1)[C@H](C)C=O. The Balaban J connectivity index is 2.82. The van der Waals surface area contributed by atoms with Crippen LogP contribution in [0.3, 0.4) is 0 Å². The van der Waals surface area contributed by atoms with E-state index in [0.717, 1.165) is 17.4 Å². The lowest BCUT2D eigenvalue weighted by Crippen LogP contribution is -1.96. The van der Waals surface area contributed by atoms with Gasteiger partial charge in [0.05, 0.1) is 0 Å². The van der Waals surface area contributed by atoms with E-state index in [-0.39, 0.29) is 5.92 Å². The molecule has 1 atom stereocenters. The van der Waals surface area contributed by atoms with Crippen molar-refractivity contribution >= 4 is 12.4 Å². The molecular formula is C12H14O. The summed E-state index contributed by atoms with van der Waals surface area (Å²) in [6.07, 6.45) is 3.01. The van der Waals surface area contributed by atoms with Crippen LogP contribution in [0.4, 0.5) is 0 Å². The van der Waals surface area contributed by atoms with Crippen LogP contribution in [0.2, 0.25) is 0 Å². The number of allylic oxidation sites excluding steroid dienone is 1. The highest BCUT2D eigenvalue weighted by molar-refractivity contribution is 5.64. The molecule has 0 aliphatic heterocycles. The van der Waals surface area contributed by atoms with Gasteiger partial charge in [0.1, 0.15) is 6.29 Å². The molecule has 0 spiro atoms. The number of aldehydes is 1. The first-order valence-corrected chi connectivity index (χ1v) is 4.42. The van der Waals surface area contributed by atoms with Crippen molar-refractivity contribution in [2.24, 2.45) is 5.92 Å². The van der Waals surface area contributed by atoms with Gasteiger partial charge in [-0.1, -0.05) is 48.9 Å². The minimum atomic E-state index is 0.0141. The topological polar surface area (TPSA) is 17.1 Å². The molecule has 0 heterocycles. The number of benzene rings is 1. The predicted octanol–water partition coefficient (Wildman–Crippen LogP) is 2.92. The zero-order valence-corrected chi connectivity index (χ0v) is 8.03. The minimum Gasteiger partial charge on any atom is -0.303 e. The molecule has 1 rings (SSSR count). The monoisotopic (exact) mass is 174 g/mol. The largest absolute Gasteiger partial charge is 0.303 e. The Kier molecular flexibility index (Phi) is 3.44. The summed E-state index contributed by atoms with van der Waals surface area (Å²) in [6.45, 7) is 3.88. The second kappa shape index (κ2) is 4.61. The van der Waals surface area contributed by atoms with Gasteiger partial charge in [-0.15, -0.1) is 0 Å². The van der Waals surface area contributed by atoms with Crippen LogP contribution in [-0.4, -0.2) is 6.29 Å². The normalized spacial score (nSPS) is 13.8. The third-order valence-corrected chi connectivity index (χ3v) is 2.12. The maximum atomic E-state index is 10.5. The molecule has 0 unspecified atom stereocenters. The van der Waals surface area contributed by atoms with Gasteiger partial charge in [0.25, 0.3) is 0 Å². The van der Waals surface area contributed by atoms with Gasteiger partial charge >= 0.3 is 0 Å². The average Bonchev–Trinajstić information content (AvgIpc) is 2.18. The van der Waals surface area contributed by atoms with Crippen molar-refractivity contribution in [1.82, 2.24) is 0 Å². The fourth-order valence-electron chi connectivity index (χ4n) is 1.05. The summed E-state index contributed by atoms with van der Waals surface area (Å²) < 4.78 is 0. The van der Waals surface area contributed by atoms with Crippen molar-refractivity contribution in [3.8, 4) is 0 Å². The molecule has 68 valence electrons. The van der Waals surface area contributed by atoms with Gasteiger partial charge in [-0.2, -0.15) is 0 Å². The number of hydrogen-bond donors (Lipinski definition) is 0. The van der Waals surface area contributed by atoms with Crippen LogP contribution in [0, 0.1) is 5.92 Å². The summed E-state index contributed by atoms with van der Waals surface area (Å²) in [5, 5.41) is 0. The first-order chi connectivity index (χ1) is 6.24. The van der Waals surface area contributed by atoms with Crippen LogP contribution >= 0.6 is 0 Å². The number of carbonyl (C=O) groups is 1. The van der Waals surface area contributed by atoms with Crippen molar-refractivity contribution in [2.45, 2.75) is 13.8 Å². The highest BCUT2D eigenvalue weighted by Gasteiger charge is 2.00. The maximum absolute atomic E-state index is 10.5. The van der Waals surface area contributed by atoms with E-state index >= 15 is 0 Å². The van der Waals surface area contributed by atoms with Crippen molar-refractivity contribution in [2.75, 3.05) is 0 Å². The Morgan fingerprint density at radius 3 is 2.46 bits per heavy atom. The Hall–Kier alpha value is -1.37. The van der Waals surface area contributed by atoms with E-state index in [1.165, 1.54) is 0 Å². The molecule has 13 heavy (non-hydrogen) atoms. The molecule has 1 aromatic carbocycles. The summed E-state index contributed by atoms with van der Waals surface area (Å²) in [5.74, 6) is 0.0141. The smallest absolute Gasteiger partial charge is 0.126 e. The lowest BCUT2D eigenvalue weighted by atomic mass is 10.0. The van der Waals surface area contributed by atoms with Crippen LogP contribution in [0.5, 0.6) is 0 Å². The molecule has 0 aliphatic carbocycles. The fraction of sp³-hybridized carbons (Fsp3) is 0.250. The van der Waals surface area contributed by atoms with Gasteiger partial charge in [-0.3, -0.25) is 0 Å². The molecule has 1 nitrogen and oxygen atoms in total. The van der Waals surface area contributed by atoms with E-state index in [4.69, 9.17) is 0 Å². The van der Waals surface area contributed by atoms with Crippen molar-refractivity contribution in [1.29, 1.82) is 0 Å². The Morgan fingerprint density at radius 1 is 1.31 bits per heavy atom. The first-order valence-electron chi connectivity index (χ1n) is 4.42. The zero-order valence-electron chi connectivity index (χ0n) is 8.03.